The zero-order valence-electron chi connectivity index (χ0n) is 16.7. The lowest BCUT2D eigenvalue weighted by atomic mass is 10.0. The van der Waals surface area contributed by atoms with Crippen LogP contribution in [0.4, 0.5) is 4.39 Å². The van der Waals surface area contributed by atoms with Gasteiger partial charge in [0.25, 0.3) is 0 Å². The summed E-state index contributed by atoms with van der Waals surface area (Å²) in [6.07, 6.45) is 4.19. The maximum absolute atomic E-state index is 14.3. The lowest BCUT2D eigenvalue weighted by Crippen LogP contribution is -2.29. The molecule has 0 radical (unpaired) electrons. The van der Waals surface area contributed by atoms with Gasteiger partial charge in [0, 0.05) is 23.6 Å². The molecule has 1 aliphatic carbocycles. The van der Waals surface area contributed by atoms with Crippen LogP contribution in [0.15, 0.2) is 48.7 Å². The second-order valence-electron chi connectivity index (χ2n) is 7.51. The van der Waals surface area contributed by atoms with E-state index in [1.54, 1.807) is 18.3 Å². The van der Waals surface area contributed by atoms with Gasteiger partial charge in [-0.05, 0) is 43.9 Å². The molecule has 1 heterocycles. The molecule has 6 nitrogen and oxygen atoms in total. The SMILES string of the molecule is CCNC(=O)[C@H]1CC[C@@H](n2nncc2-c2ccc(-c3ccc(C#N)cc3F)cc2)C1. The second kappa shape index (κ2) is 8.46. The highest BCUT2D eigenvalue weighted by atomic mass is 19.1. The van der Waals surface area contributed by atoms with Crippen LogP contribution >= 0.6 is 0 Å². The van der Waals surface area contributed by atoms with E-state index in [9.17, 15) is 9.18 Å². The number of rotatable bonds is 5. The van der Waals surface area contributed by atoms with E-state index in [1.807, 2.05) is 41.9 Å². The fourth-order valence-corrected chi connectivity index (χ4v) is 4.10. The van der Waals surface area contributed by atoms with Gasteiger partial charge in [-0.1, -0.05) is 35.5 Å². The Hall–Kier alpha value is -3.53. The molecule has 1 fully saturated rings. The highest BCUT2D eigenvalue weighted by Gasteiger charge is 2.32. The second-order valence-corrected chi connectivity index (χ2v) is 7.51. The summed E-state index contributed by atoms with van der Waals surface area (Å²) in [5.41, 5.74) is 3.29. The Morgan fingerprint density at radius 1 is 1.23 bits per heavy atom. The van der Waals surface area contributed by atoms with E-state index in [2.05, 4.69) is 15.6 Å². The number of aromatic nitrogens is 3. The minimum atomic E-state index is -0.420. The lowest BCUT2D eigenvalue weighted by Gasteiger charge is -2.14. The smallest absolute Gasteiger partial charge is 0.223 e. The van der Waals surface area contributed by atoms with Crippen molar-refractivity contribution in [3.63, 3.8) is 0 Å². The molecule has 0 saturated heterocycles. The first-order valence-electron chi connectivity index (χ1n) is 10.1. The van der Waals surface area contributed by atoms with Gasteiger partial charge >= 0.3 is 0 Å². The van der Waals surface area contributed by atoms with Crippen LogP contribution in [0.3, 0.4) is 0 Å². The summed E-state index contributed by atoms with van der Waals surface area (Å²) in [4.78, 5) is 12.2. The number of benzene rings is 2. The molecule has 0 aliphatic heterocycles. The van der Waals surface area contributed by atoms with E-state index in [0.29, 0.717) is 17.7 Å². The normalized spacial score (nSPS) is 18.2. The van der Waals surface area contributed by atoms with E-state index < -0.39 is 5.82 Å². The van der Waals surface area contributed by atoms with Crippen LogP contribution in [0.5, 0.6) is 0 Å². The van der Waals surface area contributed by atoms with E-state index in [4.69, 9.17) is 5.26 Å². The van der Waals surface area contributed by atoms with Gasteiger partial charge in [-0.25, -0.2) is 9.07 Å². The average Bonchev–Trinajstić information content (AvgIpc) is 3.43. The van der Waals surface area contributed by atoms with Crippen LogP contribution in [0.2, 0.25) is 0 Å². The van der Waals surface area contributed by atoms with Crippen molar-refractivity contribution < 1.29 is 9.18 Å². The topological polar surface area (TPSA) is 83.6 Å². The fraction of sp³-hybridized carbons (Fsp3) is 0.304. The molecule has 2 atom stereocenters. The predicted octanol–water partition coefficient (Wildman–Crippen LogP) is 4.10. The number of nitrogens with zero attached hydrogens (tertiary/aromatic N) is 4. The van der Waals surface area contributed by atoms with E-state index in [1.165, 1.54) is 6.07 Å². The van der Waals surface area contributed by atoms with Crippen molar-refractivity contribution in [3.8, 4) is 28.5 Å². The molecule has 7 heteroatoms. The number of nitrogens with one attached hydrogen (secondary N) is 1. The zero-order chi connectivity index (χ0) is 21.1. The minimum absolute atomic E-state index is 0.00809. The maximum Gasteiger partial charge on any atom is 0.223 e. The molecule has 30 heavy (non-hydrogen) atoms. The third-order valence-corrected chi connectivity index (χ3v) is 5.64. The highest BCUT2D eigenvalue weighted by molar-refractivity contribution is 5.79. The summed E-state index contributed by atoms with van der Waals surface area (Å²) < 4.78 is 16.2. The van der Waals surface area contributed by atoms with Gasteiger partial charge in [-0.15, -0.1) is 5.10 Å². The number of amides is 1. The summed E-state index contributed by atoms with van der Waals surface area (Å²) in [6.45, 7) is 2.56. The van der Waals surface area contributed by atoms with Crippen molar-refractivity contribution in [2.75, 3.05) is 6.54 Å². The number of hydrogen-bond donors (Lipinski definition) is 1. The van der Waals surface area contributed by atoms with Gasteiger partial charge in [0.05, 0.1) is 29.6 Å². The standard InChI is InChI=1S/C23H22FN5O/c1-2-26-23(30)18-8-9-19(12-18)29-22(14-27-28-29)17-6-4-16(5-7-17)20-10-3-15(13-25)11-21(20)24/h3-7,10-11,14,18-19H,2,8-9,12H2,1H3,(H,26,30)/t18-,19+/m0/s1. The van der Waals surface area contributed by atoms with Crippen molar-refractivity contribution in [3.05, 3.63) is 60.0 Å². The molecule has 152 valence electrons. The third-order valence-electron chi connectivity index (χ3n) is 5.64. The highest BCUT2D eigenvalue weighted by Crippen LogP contribution is 2.37. The van der Waals surface area contributed by atoms with Crippen LogP contribution in [-0.4, -0.2) is 27.4 Å². The summed E-state index contributed by atoms with van der Waals surface area (Å²) in [7, 11) is 0. The molecule has 0 unspecified atom stereocenters. The van der Waals surface area contributed by atoms with Gasteiger partial charge in [0.1, 0.15) is 5.82 Å². The molecular weight excluding hydrogens is 381 g/mol. The van der Waals surface area contributed by atoms with Crippen LogP contribution in [0.1, 0.15) is 37.8 Å². The van der Waals surface area contributed by atoms with Crippen molar-refractivity contribution in [2.45, 2.75) is 32.2 Å². The molecule has 1 N–H and O–H groups in total. The van der Waals surface area contributed by atoms with Gasteiger partial charge < -0.3 is 5.32 Å². The quantitative estimate of drug-likeness (QED) is 0.695. The van der Waals surface area contributed by atoms with Gasteiger partial charge in [0.2, 0.25) is 5.91 Å². The van der Waals surface area contributed by atoms with Gasteiger partial charge in [-0.3, -0.25) is 4.79 Å². The van der Waals surface area contributed by atoms with E-state index in [0.717, 1.165) is 36.1 Å². The molecule has 0 bridgehead atoms. The number of nitriles is 1. The Balaban J connectivity index is 1.55. The molecular formula is C23H22FN5O. The molecule has 1 amide bonds. The van der Waals surface area contributed by atoms with Crippen molar-refractivity contribution in [2.24, 2.45) is 5.92 Å². The summed E-state index contributed by atoms with van der Waals surface area (Å²) in [5.74, 6) is -0.306. The fourth-order valence-electron chi connectivity index (χ4n) is 4.10. The monoisotopic (exact) mass is 403 g/mol. The average molecular weight is 403 g/mol. The predicted molar refractivity (Wildman–Crippen MR) is 111 cm³/mol. The number of carbonyl (C=O) groups is 1. The molecule has 2 aromatic carbocycles. The summed E-state index contributed by atoms with van der Waals surface area (Å²) in [6, 6.07) is 14.1. The Morgan fingerprint density at radius 2 is 2.00 bits per heavy atom. The first kappa shape index (κ1) is 19.8. The van der Waals surface area contributed by atoms with Crippen molar-refractivity contribution in [1.82, 2.24) is 20.3 Å². The number of halogens is 1. The molecule has 0 spiro atoms. The van der Waals surface area contributed by atoms with Crippen LogP contribution < -0.4 is 5.32 Å². The van der Waals surface area contributed by atoms with Crippen LogP contribution in [-0.2, 0) is 4.79 Å². The number of hydrogen-bond acceptors (Lipinski definition) is 4. The zero-order valence-corrected chi connectivity index (χ0v) is 16.7. The molecule has 1 aliphatic rings. The van der Waals surface area contributed by atoms with Crippen molar-refractivity contribution in [1.29, 1.82) is 5.26 Å². The Labute approximate surface area is 174 Å². The Bertz CT molecular complexity index is 1100. The molecule has 1 aromatic heterocycles. The minimum Gasteiger partial charge on any atom is -0.356 e. The Kier molecular flexibility index (Phi) is 5.57. The number of carbonyl (C=O) groups excluding carboxylic acids is 1. The van der Waals surface area contributed by atoms with E-state index in [-0.39, 0.29) is 17.9 Å². The van der Waals surface area contributed by atoms with Crippen LogP contribution in [0, 0.1) is 23.1 Å². The third kappa shape index (κ3) is 3.81. The van der Waals surface area contributed by atoms with E-state index >= 15 is 0 Å². The summed E-state index contributed by atoms with van der Waals surface area (Å²) >= 11 is 0. The van der Waals surface area contributed by atoms with Gasteiger partial charge in [-0.2, -0.15) is 5.26 Å². The van der Waals surface area contributed by atoms with Gasteiger partial charge in [0.15, 0.2) is 0 Å². The molecule has 3 aromatic rings. The first-order valence-corrected chi connectivity index (χ1v) is 10.1. The molecule has 4 rings (SSSR count). The molecule has 1 saturated carbocycles. The lowest BCUT2D eigenvalue weighted by molar-refractivity contribution is -0.124. The van der Waals surface area contributed by atoms with Crippen LogP contribution in [0.25, 0.3) is 22.4 Å². The first-order chi connectivity index (χ1) is 14.6. The summed E-state index contributed by atoms with van der Waals surface area (Å²) in [5, 5.41) is 20.2. The van der Waals surface area contributed by atoms with Crippen molar-refractivity contribution >= 4 is 5.91 Å². The maximum atomic E-state index is 14.3. The Morgan fingerprint density at radius 3 is 2.70 bits per heavy atom. The largest absolute Gasteiger partial charge is 0.356 e.